The molecule has 0 radical (unpaired) electrons. The Labute approximate surface area is 223 Å². The predicted octanol–water partition coefficient (Wildman–Crippen LogP) is 7.64. The molecule has 0 bridgehead atoms. The van der Waals surface area contributed by atoms with Crippen LogP contribution in [0.25, 0.3) is 6.08 Å². The normalized spacial score (nSPS) is 11.1. The third kappa shape index (κ3) is 6.38. The summed E-state index contributed by atoms with van der Waals surface area (Å²) in [6.45, 7) is 2.49. The summed E-state index contributed by atoms with van der Waals surface area (Å²) in [4.78, 5) is 12.6. The van der Waals surface area contributed by atoms with Crippen LogP contribution in [0, 0.1) is 25.4 Å². The van der Waals surface area contributed by atoms with Gasteiger partial charge in [-0.15, -0.1) is 0 Å². The lowest BCUT2D eigenvalue weighted by molar-refractivity contribution is -0.112. The number of carbonyl (C=O) groups excluding carboxylic acids is 1. The van der Waals surface area contributed by atoms with E-state index in [-0.39, 0.29) is 11.3 Å². The van der Waals surface area contributed by atoms with E-state index >= 15 is 0 Å². The molecule has 0 aromatic heterocycles. The van der Waals surface area contributed by atoms with Crippen LogP contribution in [0.1, 0.15) is 16.7 Å². The molecule has 0 aliphatic carbocycles. The summed E-state index contributed by atoms with van der Waals surface area (Å²) in [5, 5.41) is 12.7. The number of nitriles is 1. The minimum absolute atomic E-state index is 0.0686. The number of aryl methyl sites for hydroxylation is 1. The molecule has 0 spiro atoms. The lowest BCUT2D eigenvalue weighted by Crippen LogP contribution is -2.14. The van der Waals surface area contributed by atoms with Crippen LogP contribution in [-0.4, -0.2) is 5.91 Å². The van der Waals surface area contributed by atoms with Crippen molar-refractivity contribution < 1.29 is 9.53 Å². The average molecular weight is 689 g/mol. The predicted molar refractivity (Wildman–Crippen MR) is 146 cm³/mol. The van der Waals surface area contributed by atoms with Crippen LogP contribution in [0.2, 0.25) is 10.0 Å². The van der Waals surface area contributed by atoms with E-state index in [1.54, 1.807) is 18.2 Å². The van der Waals surface area contributed by atoms with E-state index in [1.165, 1.54) is 11.6 Å². The first kappa shape index (κ1) is 24.8. The van der Waals surface area contributed by atoms with Gasteiger partial charge in [0.2, 0.25) is 0 Å². The van der Waals surface area contributed by atoms with E-state index in [0.29, 0.717) is 22.2 Å². The van der Waals surface area contributed by atoms with E-state index in [9.17, 15) is 10.1 Å². The zero-order valence-corrected chi connectivity index (χ0v) is 22.6. The third-order valence-corrected chi connectivity index (χ3v) is 6.63. The summed E-state index contributed by atoms with van der Waals surface area (Å²) in [6, 6.07) is 18.7. The Hall–Kier alpha value is -1.80. The van der Waals surface area contributed by atoms with Gasteiger partial charge in [0.25, 0.3) is 5.91 Å². The zero-order valence-electron chi connectivity index (χ0n) is 16.8. The Kier molecular flexibility index (Phi) is 8.82. The highest BCUT2D eigenvalue weighted by molar-refractivity contribution is 14.1. The molecule has 0 fully saturated rings. The number of hydrogen-bond donors (Lipinski definition) is 1. The highest BCUT2D eigenvalue weighted by atomic mass is 127. The lowest BCUT2D eigenvalue weighted by Gasteiger charge is -2.12. The van der Waals surface area contributed by atoms with Crippen LogP contribution in [0.4, 0.5) is 5.69 Å². The number of nitrogens with one attached hydrogen (secondary N) is 1. The minimum atomic E-state index is -0.591. The van der Waals surface area contributed by atoms with Gasteiger partial charge in [-0.2, -0.15) is 5.26 Å². The molecular formula is C24H16Cl2I2N2O2. The first-order valence-electron chi connectivity index (χ1n) is 9.33. The van der Waals surface area contributed by atoms with Crippen LogP contribution in [0.3, 0.4) is 0 Å². The minimum Gasteiger partial charge on any atom is -0.487 e. The topological polar surface area (TPSA) is 62.1 Å². The van der Waals surface area contributed by atoms with Crippen molar-refractivity contribution in [2.24, 2.45) is 0 Å². The fourth-order valence-corrected chi connectivity index (χ4v) is 5.37. The number of para-hydroxylation sites is 1. The van der Waals surface area contributed by atoms with Crippen molar-refractivity contribution in [3.63, 3.8) is 0 Å². The van der Waals surface area contributed by atoms with Crippen LogP contribution in [-0.2, 0) is 11.4 Å². The molecular weight excluding hydrogens is 673 g/mol. The van der Waals surface area contributed by atoms with Crippen molar-refractivity contribution in [3.8, 4) is 11.8 Å². The summed E-state index contributed by atoms with van der Waals surface area (Å²) in [5.41, 5.74) is 3.18. The van der Waals surface area contributed by atoms with Crippen LogP contribution in [0.15, 0.2) is 60.2 Å². The summed E-state index contributed by atoms with van der Waals surface area (Å²) < 4.78 is 7.77. The Bertz CT molecular complexity index is 1190. The molecule has 4 nitrogen and oxygen atoms in total. The number of nitrogens with zero attached hydrogens (tertiary/aromatic N) is 1. The Balaban J connectivity index is 1.79. The zero-order chi connectivity index (χ0) is 23.3. The molecule has 162 valence electrons. The molecule has 1 N–H and O–H groups in total. The fourth-order valence-electron chi connectivity index (χ4n) is 2.75. The summed E-state index contributed by atoms with van der Waals surface area (Å²) in [7, 11) is 0. The average Bonchev–Trinajstić information content (AvgIpc) is 2.75. The largest absolute Gasteiger partial charge is 0.487 e. The molecule has 0 saturated heterocycles. The Morgan fingerprint density at radius 2 is 1.69 bits per heavy atom. The molecule has 0 aliphatic heterocycles. The Morgan fingerprint density at radius 3 is 2.25 bits per heavy atom. The molecule has 0 aliphatic rings. The van der Waals surface area contributed by atoms with Crippen molar-refractivity contribution in [2.45, 2.75) is 13.5 Å². The summed E-state index contributed by atoms with van der Waals surface area (Å²) in [6.07, 6.45) is 1.52. The molecule has 1 amide bonds. The smallest absolute Gasteiger partial charge is 0.266 e. The fraction of sp³-hybridized carbons (Fsp3) is 0.0833. The number of amides is 1. The van der Waals surface area contributed by atoms with Crippen LogP contribution in [0.5, 0.6) is 5.75 Å². The highest BCUT2D eigenvalue weighted by Gasteiger charge is 2.15. The number of anilines is 1. The van der Waals surface area contributed by atoms with Crippen LogP contribution < -0.4 is 10.1 Å². The molecule has 32 heavy (non-hydrogen) atoms. The first-order valence-corrected chi connectivity index (χ1v) is 12.2. The lowest BCUT2D eigenvalue weighted by atomic mass is 10.1. The number of rotatable bonds is 6. The maximum Gasteiger partial charge on any atom is 0.266 e. The van der Waals surface area contributed by atoms with Crippen molar-refractivity contribution >= 4 is 86.1 Å². The number of carbonyl (C=O) groups is 1. The molecule has 0 saturated carbocycles. The van der Waals surface area contributed by atoms with Gasteiger partial charge in [-0.25, -0.2) is 0 Å². The van der Waals surface area contributed by atoms with Crippen molar-refractivity contribution in [3.05, 3.63) is 94.0 Å². The van der Waals surface area contributed by atoms with Crippen molar-refractivity contribution in [2.75, 3.05) is 5.32 Å². The van der Waals surface area contributed by atoms with E-state index in [2.05, 4.69) is 50.5 Å². The maximum absolute atomic E-state index is 12.6. The second-order valence-electron chi connectivity index (χ2n) is 6.81. The number of ether oxygens (including phenoxy) is 1. The second-order valence-corrected chi connectivity index (χ2v) is 9.95. The quantitative estimate of drug-likeness (QED) is 0.165. The van der Waals surface area contributed by atoms with E-state index in [1.807, 2.05) is 49.4 Å². The van der Waals surface area contributed by atoms with E-state index < -0.39 is 5.91 Å². The van der Waals surface area contributed by atoms with Gasteiger partial charge < -0.3 is 10.1 Å². The molecule has 3 rings (SSSR count). The first-order chi connectivity index (χ1) is 15.3. The molecule has 3 aromatic carbocycles. The summed E-state index contributed by atoms with van der Waals surface area (Å²) >= 11 is 16.6. The third-order valence-electron chi connectivity index (χ3n) is 4.40. The van der Waals surface area contributed by atoms with Gasteiger partial charge in [-0.05, 0) is 93.6 Å². The van der Waals surface area contributed by atoms with Crippen molar-refractivity contribution in [1.29, 1.82) is 5.26 Å². The molecule has 0 atom stereocenters. The maximum atomic E-state index is 12.6. The van der Waals surface area contributed by atoms with E-state index in [0.717, 1.165) is 18.5 Å². The number of hydrogen-bond acceptors (Lipinski definition) is 3. The van der Waals surface area contributed by atoms with Gasteiger partial charge in [0.1, 0.15) is 24.0 Å². The van der Waals surface area contributed by atoms with Gasteiger partial charge in [0.05, 0.1) is 22.9 Å². The van der Waals surface area contributed by atoms with Gasteiger partial charge in [0, 0.05) is 0 Å². The molecule has 3 aromatic rings. The monoisotopic (exact) mass is 688 g/mol. The van der Waals surface area contributed by atoms with Gasteiger partial charge in [-0.3, -0.25) is 4.79 Å². The van der Waals surface area contributed by atoms with Gasteiger partial charge >= 0.3 is 0 Å². The molecule has 8 heteroatoms. The SMILES string of the molecule is Cc1ccc(COc2c(I)cc(/C=C(\C#N)C(=O)Nc3c(Cl)cccc3Cl)cc2I)cc1. The van der Waals surface area contributed by atoms with Crippen LogP contribution >= 0.6 is 68.4 Å². The van der Waals surface area contributed by atoms with Gasteiger partial charge in [0.15, 0.2) is 0 Å². The van der Waals surface area contributed by atoms with Gasteiger partial charge in [-0.1, -0.05) is 59.1 Å². The Morgan fingerprint density at radius 1 is 1.09 bits per heavy atom. The summed E-state index contributed by atoms with van der Waals surface area (Å²) in [5.74, 6) is 0.168. The number of halogens is 4. The molecule has 0 heterocycles. The number of benzene rings is 3. The second kappa shape index (κ2) is 11.4. The van der Waals surface area contributed by atoms with Crippen molar-refractivity contribution in [1.82, 2.24) is 0 Å². The standard InChI is InChI=1S/C24H16Cl2I2N2O2/c1-14-5-7-15(8-6-14)13-32-23-20(27)10-16(11-21(23)28)9-17(12-29)24(31)30-22-18(25)3-2-4-19(22)26/h2-11H,13H2,1H3,(H,30,31)/b17-9+. The van der Waals surface area contributed by atoms with E-state index in [4.69, 9.17) is 27.9 Å². The molecule has 0 unspecified atom stereocenters. The highest BCUT2D eigenvalue weighted by Crippen LogP contribution is 2.32.